The summed E-state index contributed by atoms with van der Waals surface area (Å²) in [5.74, 6) is 0.427. The van der Waals surface area contributed by atoms with Gasteiger partial charge < -0.3 is 9.84 Å². The van der Waals surface area contributed by atoms with Crippen molar-refractivity contribution in [2.75, 3.05) is 7.11 Å². The van der Waals surface area contributed by atoms with E-state index in [1.807, 2.05) is 18.2 Å². The van der Waals surface area contributed by atoms with Crippen LogP contribution in [0.2, 0.25) is 0 Å². The van der Waals surface area contributed by atoms with Crippen molar-refractivity contribution in [3.05, 3.63) is 35.7 Å². The average molecular weight is 285 g/mol. The van der Waals surface area contributed by atoms with E-state index in [2.05, 4.69) is 4.98 Å². The van der Waals surface area contributed by atoms with Gasteiger partial charge in [0.15, 0.2) is 0 Å². The number of aromatic nitrogens is 1. The van der Waals surface area contributed by atoms with Crippen LogP contribution in [0, 0.1) is 5.92 Å². The lowest BCUT2D eigenvalue weighted by atomic mass is 9.97. The fraction of sp³-hybridized carbons (Fsp3) is 0.412. The second-order valence-corrected chi connectivity index (χ2v) is 5.70. The smallest absolute Gasteiger partial charge is 0.354 e. The van der Waals surface area contributed by atoms with Gasteiger partial charge in [-0.25, -0.2) is 9.78 Å². The number of rotatable bonds is 4. The molecule has 4 nitrogen and oxygen atoms in total. The summed E-state index contributed by atoms with van der Waals surface area (Å²) in [6.07, 6.45) is 5.81. The number of ether oxygens (including phenoxy) is 1. The fourth-order valence-electron chi connectivity index (χ4n) is 3.18. The minimum Gasteiger partial charge on any atom is -0.497 e. The first-order valence-electron chi connectivity index (χ1n) is 7.38. The molecule has 1 heterocycles. The maximum Gasteiger partial charge on any atom is 0.354 e. The number of hydrogen-bond acceptors (Lipinski definition) is 3. The van der Waals surface area contributed by atoms with Crippen molar-refractivity contribution in [1.82, 2.24) is 4.98 Å². The highest BCUT2D eigenvalue weighted by Crippen LogP contribution is 2.31. The molecular formula is C17H19NO3. The minimum absolute atomic E-state index is 0.126. The van der Waals surface area contributed by atoms with E-state index in [1.165, 1.54) is 25.7 Å². The van der Waals surface area contributed by atoms with E-state index >= 15 is 0 Å². The van der Waals surface area contributed by atoms with E-state index in [0.717, 1.165) is 28.6 Å². The van der Waals surface area contributed by atoms with Gasteiger partial charge in [0, 0.05) is 11.1 Å². The van der Waals surface area contributed by atoms with Crippen molar-refractivity contribution < 1.29 is 14.6 Å². The van der Waals surface area contributed by atoms with Crippen LogP contribution >= 0.6 is 0 Å². The van der Waals surface area contributed by atoms with Crippen LogP contribution in [-0.2, 0) is 6.42 Å². The first-order valence-corrected chi connectivity index (χ1v) is 7.38. The third-order valence-electron chi connectivity index (χ3n) is 4.29. The molecule has 21 heavy (non-hydrogen) atoms. The van der Waals surface area contributed by atoms with Gasteiger partial charge in [0.2, 0.25) is 0 Å². The maximum absolute atomic E-state index is 11.3. The van der Waals surface area contributed by atoms with E-state index in [9.17, 15) is 9.90 Å². The molecule has 2 aromatic rings. The quantitative estimate of drug-likeness (QED) is 0.931. The van der Waals surface area contributed by atoms with E-state index < -0.39 is 5.97 Å². The summed E-state index contributed by atoms with van der Waals surface area (Å²) in [4.78, 5) is 15.7. The molecule has 0 saturated heterocycles. The Hall–Kier alpha value is -2.10. The normalized spacial score (nSPS) is 15.5. The van der Waals surface area contributed by atoms with E-state index in [-0.39, 0.29) is 5.69 Å². The number of nitrogens with zero attached hydrogens (tertiary/aromatic N) is 1. The summed E-state index contributed by atoms with van der Waals surface area (Å²) in [7, 11) is 1.64. The van der Waals surface area contributed by atoms with Crippen LogP contribution < -0.4 is 4.74 Å². The first kappa shape index (κ1) is 13.9. The third-order valence-corrected chi connectivity index (χ3v) is 4.29. The zero-order chi connectivity index (χ0) is 14.8. The summed E-state index contributed by atoms with van der Waals surface area (Å²) in [6.45, 7) is 0. The van der Waals surface area contributed by atoms with Gasteiger partial charge in [-0.1, -0.05) is 31.7 Å². The van der Waals surface area contributed by atoms with E-state index in [1.54, 1.807) is 13.2 Å². The average Bonchev–Trinajstić information content (AvgIpc) is 2.99. The van der Waals surface area contributed by atoms with Crippen molar-refractivity contribution in [2.24, 2.45) is 5.92 Å². The van der Waals surface area contributed by atoms with Gasteiger partial charge in [-0.15, -0.1) is 0 Å². The zero-order valence-electron chi connectivity index (χ0n) is 12.1. The monoisotopic (exact) mass is 285 g/mol. The second kappa shape index (κ2) is 5.72. The van der Waals surface area contributed by atoms with Crippen molar-refractivity contribution >= 4 is 16.7 Å². The van der Waals surface area contributed by atoms with Crippen LogP contribution in [0.3, 0.4) is 0 Å². The molecule has 1 aromatic heterocycles. The molecular weight excluding hydrogens is 266 g/mol. The molecule has 0 radical (unpaired) electrons. The Morgan fingerprint density at radius 3 is 2.76 bits per heavy atom. The van der Waals surface area contributed by atoms with Crippen molar-refractivity contribution in [3.8, 4) is 5.75 Å². The van der Waals surface area contributed by atoms with Gasteiger partial charge in [-0.3, -0.25) is 0 Å². The Labute approximate surface area is 123 Å². The summed E-state index contributed by atoms with van der Waals surface area (Å²) >= 11 is 0. The topological polar surface area (TPSA) is 59.4 Å². The molecule has 0 atom stereocenters. The molecule has 4 heteroatoms. The molecule has 0 aliphatic heterocycles. The second-order valence-electron chi connectivity index (χ2n) is 5.70. The standard InChI is InChI=1S/C17H19NO3/c1-21-13-7-6-12-9-16(17(19)20)18-15(14(12)10-13)8-11-4-2-3-5-11/h6-7,9-11H,2-5,8H2,1H3,(H,19,20). The summed E-state index contributed by atoms with van der Waals surface area (Å²) in [5.41, 5.74) is 1.01. The molecule has 1 saturated carbocycles. The van der Waals surface area contributed by atoms with E-state index in [0.29, 0.717) is 5.92 Å². The van der Waals surface area contributed by atoms with Gasteiger partial charge in [-0.05, 0) is 35.9 Å². The highest BCUT2D eigenvalue weighted by molar-refractivity contribution is 5.93. The number of carboxylic acid groups (broad SMARTS) is 1. The predicted molar refractivity (Wildman–Crippen MR) is 80.9 cm³/mol. The van der Waals surface area contributed by atoms with Gasteiger partial charge in [0.05, 0.1) is 7.11 Å². The molecule has 0 bridgehead atoms. The van der Waals surface area contributed by atoms with Gasteiger partial charge in [0.1, 0.15) is 11.4 Å². The Morgan fingerprint density at radius 1 is 1.33 bits per heavy atom. The number of fused-ring (bicyclic) bond motifs is 1. The number of hydrogen-bond donors (Lipinski definition) is 1. The molecule has 1 fully saturated rings. The minimum atomic E-state index is -0.972. The van der Waals surface area contributed by atoms with Gasteiger partial charge in [-0.2, -0.15) is 0 Å². The van der Waals surface area contributed by atoms with Crippen LogP contribution in [0.25, 0.3) is 10.8 Å². The maximum atomic E-state index is 11.3. The molecule has 0 spiro atoms. The molecule has 1 aliphatic carbocycles. The Kier molecular flexibility index (Phi) is 3.78. The molecule has 1 aromatic carbocycles. The molecule has 0 unspecified atom stereocenters. The molecule has 3 rings (SSSR count). The van der Waals surface area contributed by atoms with Crippen molar-refractivity contribution in [2.45, 2.75) is 32.1 Å². The highest BCUT2D eigenvalue weighted by atomic mass is 16.5. The number of carbonyl (C=O) groups is 1. The molecule has 1 aliphatic rings. The lowest BCUT2D eigenvalue weighted by molar-refractivity contribution is 0.0690. The van der Waals surface area contributed by atoms with Crippen LogP contribution in [0.15, 0.2) is 24.3 Å². The van der Waals surface area contributed by atoms with Crippen LogP contribution in [0.4, 0.5) is 0 Å². The van der Waals surface area contributed by atoms with Crippen molar-refractivity contribution in [3.63, 3.8) is 0 Å². The number of methoxy groups -OCH3 is 1. The summed E-state index contributed by atoms with van der Waals surface area (Å²) in [6, 6.07) is 7.35. The lowest BCUT2D eigenvalue weighted by Crippen LogP contribution is -2.07. The zero-order valence-corrected chi connectivity index (χ0v) is 12.1. The number of aromatic carboxylic acids is 1. The molecule has 0 amide bonds. The van der Waals surface area contributed by atoms with Gasteiger partial charge in [0.25, 0.3) is 0 Å². The van der Waals surface area contributed by atoms with Gasteiger partial charge >= 0.3 is 5.97 Å². The first-order chi connectivity index (χ1) is 10.2. The Balaban J connectivity index is 2.09. The van der Waals surface area contributed by atoms with Crippen LogP contribution in [-0.4, -0.2) is 23.2 Å². The largest absolute Gasteiger partial charge is 0.497 e. The SMILES string of the molecule is COc1ccc2cc(C(=O)O)nc(CC3CCCC3)c2c1. The van der Waals surface area contributed by atoms with Crippen molar-refractivity contribution in [1.29, 1.82) is 0 Å². The fourth-order valence-corrected chi connectivity index (χ4v) is 3.18. The number of pyridine rings is 1. The third kappa shape index (κ3) is 2.84. The summed E-state index contributed by atoms with van der Waals surface area (Å²) in [5, 5.41) is 11.2. The predicted octanol–water partition coefficient (Wildman–Crippen LogP) is 3.67. The van der Waals surface area contributed by atoms with Crippen LogP contribution in [0.1, 0.15) is 41.9 Å². The summed E-state index contributed by atoms with van der Waals surface area (Å²) < 4.78 is 5.28. The van der Waals surface area contributed by atoms with Crippen LogP contribution in [0.5, 0.6) is 5.75 Å². The Bertz CT molecular complexity index is 675. The molecule has 110 valence electrons. The number of carboxylic acids is 1. The number of benzene rings is 1. The lowest BCUT2D eigenvalue weighted by Gasteiger charge is -2.13. The van der Waals surface area contributed by atoms with E-state index in [4.69, 9.17) is 4.74 Å². The highest BCUT2D eigenvalue weighted by Gasteiger charge is 2.19. The molecule has 1 N–H and O–H groups in total. The Morgan fingerprint density at radius 2 is 2.10 bits per heavy atom.